The molecule has 0 saturated heterocycles. The van der Waals surface area contributed by atoms with E-state index in [1.54, 1.807) is 0 Å². The number of esters is 2. The molecular weight excluding hydrogens is 596 g/mol. The number of rotatable bonds is 35. The first-order valence-corrected chi connectivity index (χ1v) is 19.8. The Morgan fingerprint density at radius 1 is 0.500 bits per heavy atom. The molecule has 0 aliphatic carbocycles. The predicted molar refractivity (Wildman–Crippen MR) is 205 cm³/mol. The van der Waals surface area contributed by atoms with Crippen molar-refractivity contribution in [1.29, 1.82) is 0 Å². The Labute approximate surface area is 296 Å². The minimum absolute atomic E-state index is 0.0780. The van der Waals surface area contributed by atoms with E-state index in [-0.39, 0.29) is 25.2 Å². The van der Waals surface area contributed by atoms with Gasteiger partial charge in [-0.05, 0) is 77.0 Å². The monoisotopic (exact) mass is 671 g/mol. The minimum Gasteiger partial charge on any atom is -0.462 e. The lowest BCUT2D eigenvalue weighted by atomic mass is 10.1. The molecule has 0 bridgehead atoms. The second-order valence-electron chi connectivity index (χ2n) is 13.0. The van der Waals surface area contributed by atoms with Crippen molar-refractivity contribution in [3.8, 4) is 0 Å². The normalized spacial score (nSPS) is 12.8. The van der Waals surface area contributed by atoms with E-state index >= 15 is 0 Å². The van der Waals surface area contributed by atoms with Gasteiger partial charge in [0.1, 0.15) is 6.61 Å². The number of hydrogen-bond donors (Lipinski definition) is 1. The Morgan fingerprint density at radius 2 is 0.896 bits per heavy atom. The topological polar surface area (TPSA) is 72.8 Å². The van der Waals surface area contributed by atoms with Gasteiger partial charge in [0.25, 0.3) is 0 Å². The fraction of sp³-hybridized carbons (Fsp3) is 0.721. The first-order chi connectivity index (χ1) is 23.6. The van der Waals surface area contributed by atoms with Crippen molar-refractivity contribution in [2.24, 2.45) is 0 Å². The summed E-state index contributed by atoms with van der Waals surface area (Å²) in [6.07, 6.45) is 49.9. The molecular formula is C43H74O5. The molecule has 0 amide bonds. The Bertz CT molecular complexity index is 853. The van der Waals surface area contributed by atoms with Crippen molar-refractivity contribution in [2.45, 2.75) is 187 Å². The van der Waals surface area contributed by atoms with Gasteiger partial charge in [0.15, 0.2) is 6.10 Å². The molecule has 1 atom stereocenters. The van der Waals surface area contributed by atoms with Gasteiger partial charge in [-0.15, -0.1) is 0 Å². The van der Waals surface area contributed by atoms with E-state index in [0.29, 0.717) is 12.8 Å². The predicted octanol–water partition coefficient (Wildman–Crippen LogP) is 12.4. The summed E-state index contributed by atoms with van der Waals surface area (Å²) in [6.45, 7) is 3.99. The van der Waals surface area contributed by atoms with Gasteiger partial charge >= 0.3 is 11.9 Å². The van der Waals surface area contributed by atoms with E-state index in [4.69, 9.17) is 9.47 Å². The number of ether oxygens (including phenoxy) is 2. The van der Waals surface area contributed by atoms with Gasteiger partial charge in [-0.3, -0.25) is 9.59 Å². The van der Waals surface area contributed by atoms with E-state index in [0.717, 1.165) is 77.0 Å². The molecule has 0 radical (unpaired) electrons. The molecule has 276 valence electrons. The van der Waals surface area contributed by atoms with Crippen molar-refractivity contribution in [1.82, 2.24) is 0 Å². The minimum atomic E-state index is -0.783. The molecule has 0 fully saturated rings. The third-order valence-electron chi connectivity index (χ3n) is 8.30. The van der Waals surface area contributed by atoms with Crippen LogP contribution in [-0.4, -0.2) is 36.4 Å². The zero-order valence-electron chi connectivity index (χ0n) is 31.2. The van der Waals surface area contributed by atoms with E-state index < -0.39 is 6.10 Å². The van der Waals surface area contributed by atoms with Crippen LogP contribution in [0.4, 0.5) is 0 Å². The summed E-state index contributed by atoms with van der Waals surface area (Å²) in [7, 11) is 0. The van der Waals surface area contributed by atoms with Crippen LogP contribution >= 0.6 is 0 Å². The third kappa shape index (κ3) is 36.4. The third-order valence-corrected chi connectivity index (χ3v) is 8.30. The molecule has 0 aromatic carbocycles. The fourth-order valence-electron chi connectivity index (χ4n) is 5.30. The molecule has 0 aliphatic rings. The van der Waals surface area contributed by atoms with Gasteiger partial charge in [-0.2, -0.15) is 0 Å². The highest BCUT2D eigenvalue weighted by atomic mass is 16.6. The number of allylic oxidation sites excluding steroid dienone is 10. The van der Waals surface area contributed by atoms with Gasteiger partial charge < -0.3 is 14.6 Å². The average Bonchev–Trinajstić information content (AvgIpc) is 3.09. The number of hydrogen-bond acceptors (Lipinski definition) is 5. The van der Waals surface area contributed by atoms with Crippen LogP contribution in [-0.2, 0) is 19.1 Å². The summed E-state index contributed by atoms with van der Waals surface area (Å²) in [5, 5.41) is 9.55. The lowest BCUT2D eigenvalue weighted by Gasteiger charge is -2.15. The molecule has 1 N–H and O–H groups in total. The van der Waals surface area contributed by atoms with Gasteiger partial charge in [0.05, 0.1) is 6.61 Å². The van der Waals surface area contributed by atoms with Crippen molar-refractivity contribution in [3.63, 3.8) is 0 Å². The summed E-state index contributed by atoms with van der Waals surface area (Å²) in [5.41, 5.74) is 0. The quantitative estimate of drug-likeness (QED) is 0.0413. The summed E-state index contributed by atoms with van der Waals surface area (Å²) >= 11 is 0. The molecule has 48 heavy (non-hydrogen) atoms. The Balaban J connectivity index is 3.61. The Hall–Kier alpha value is -2.40. The fourth-order valence-corrected chi connectivity index (χ4v) is 5.30. The highest BCUT2D eigenvalue weighted by molar-refractivity contribution is 5.70. The molecule has 0 spiro atoms. The van der Waals surface area contributed by atoms with Crippen LogP contribution in [0.5, 0.6) is 0 Å². The summed E-state index contributed by atoms with van der Waals surface area (Å²) < 4.78 is 10.6. The van der Waals surface area contributed by atoms with Crippen LogP contribution in [0.15, 0.2) is 60.8 Å². The molecule has 1 unspecified atom stereocenters. The maximum atomic E-state index is 12.2. The highest BCUT2D eigenvalue weighted by Crippen LogP contribution is 2.12. The zero-order valence-corrected chi connectivity index (χ0v) is 31.2. The van der Waals surface area contributed by atoms with Crippen molar-refractivity contribution >= 4 is 11.9 Å². The maximum Gasteiger partial charge on any atom is 0.306 e. The summed E-state index contributed by atoms with van der Waals surface area (Å²) in [5.74, 6) is -0.620. The number of aliphatic hydroxyl groups excluding tert-OH is 1. The van der Waals surface area contributed by atoms with Crippen LogP contribution in [0.3, 0.4) is 0 Å². The van der Waals surface area contributed by atoms with E-state index in [1.807, 2.05) is 0 Å². The van der Waals surface area contributed by atoms with Crippen LogP contribution in [0.1, 0.15) is 181 Å². The van der Waals surface area contributed by atoms with Crippen LogP contribution in [0.2, 0.25) is 0 Å². The van der Waals surface area contributed by atoms with Gasteiger partial charge in [0.2, 0.25) is 0 Å². The smallest absolute Gasteiger partial charge is 0.306 e. The Kier molecular flexibility index (Phi) is 37.1. The number of unbranched alkanes of at least 4 members (excludes halogenated alkanes) is 17. The first-order valence-electron chi connectivity index (χ1n) is 19.8. The second kappa shape index (κ2) is 39.0. The lowest BCUT2D eigenvalue weighted by Crippen LogP contribution is -2.28. The average molecular weight is 671 g/mol. The lowest BCUT2D eigenvalue weighted by molar-refractivity contribution is -0.161. The zero-order chi connectivity index (χ0) is 35.0. The largest absolute Gasteiger partial charge is 0.462 e. The van der Waals surface area contributed by atoms with E-state index in [9.17, 15) is 14.7 Å². The number of aliphatic hydroxyl groups is 1. The number of carbonyl (C=O) groups excluding carboxylic acids is 2. The van der Waals surface area contributed by atoms with Crippen LogP contribution in [0.25, 0.3) is 0 Å². The van der Waals surface area contributed by atoms with Crippen LogP contribution < -0.4 is 0 Å². The molecule has 0 saturated carbocycles. The summed E-state index contributed by atoms with van der Waals surface area (Å²) in [4.78, 5) is 24.3. The Morgan fingerprint density at radius 3 is 1.38 bits per heavy atom. The summed E-state index contributed by atoms with van der Waals surface area (Å²) in [6, 6.07) is 0. The molecule has 5 nitrogen and oxygen atoms in total. The van der Waals surface area contributed by atoms with Gasteiger partial charge in [-0.25, -0.2) is 0 Å². The maximum absolute atomic E-state index is 12.2. The molecule has 0 rings (SSSR count). The van der Waals surface area contributed by atoms with Gasteiger partial charge in [-0.1, -0.05) is 152 Å². The van der Waals surface area contributed by atoms with Crippen LogP contribution in [0, 0.1) is 0 Å². The second-order valence-corrected chi connectivity index (χ2v) is 13.0. The van der Waals surface area contributed by atoms with Gasteiger partial charge in [0, 0.05) is 12.8 Å². The molecule has 0 aromatic rings. The molecule has 0 aliphatic heterocycles. The standard InChI is InChI=1S/C43H74O5/c1-3-5-7-9-11-13-15-17-19-20-21-22-24-26-28-30-32-34-36-38-43(46)48-41(39-44)40-47-42(45)37-35-33-31-29-27-25-23-18-16-14-12-10-8-6-4-2/h5,7,11,13,17-19,21-23,41,44H,3-4,6,8-10,12,14-16,20,24-40H2,1-2H3/b7-5-,13-11-,19-17-,22-21-,23-18-. The SMILES string of the molecule is CC/C=C\C/C=C\C/C=C\C/C=C\CCCCCCCCC(=O)OC(CO)COC(=O)CCCCCCC/C=C\CCCCCCCC. The van der Waals surface area contributed by atoms with Crippen molar-refractivity contribution < 1.29 is 24.2 Å². The van der Waals surface area contributed by atoms with Crippen molar-refractivity contribution in [2.75, 3.05) is 13.2 Å². The first kappa shape index (κ1) is 45.6. The highest BCUT2D eigenvalue weighted by Gasteiger charge is 2.16. The molecule has 0 aromatic heterocycles. The molecule has 5 heteroatoms. The molecule has 0 heterocycles. The van der Waals surface area contributed by atoms with E-state index in [2.05, 4.69) is 74.6 Å². The van der Waals surface area contributed by atoms with Crippen molar-refractivity contribution in [3.05, 3.63) is 60.8 Å². The van der Waals surface area contributed by atoms with E-state index in [1.165, 1.54) is 77.0 Å². The number of carbonyl (C=O) groups is 2.